The number of aromatic nitrogens is 2. The van der Waals surface area contributed by atoms with E-state index in [9.17, 15) is 4.79 Å². The van der Waals surface area contributed by atoms with Gasteiger partial charge in [0.05, 0.1) is 18.2 Å². The Labute approximate surface area is 317 Å². The lowest BCUT2D eigenvalue weighted by molar-refractivity contribution is -0.184. The number of hydrogen-bond acceptors (Lipinski definition) is 6. The van der Waals surface area contributed by atoms with Gasteiger partial charge in [-0.2, -0.15) is 0 Å². The average Bonchev–Trinajstić information content (AvgIpc) is 3.15. The van der Waals surface area contributed by atoms with Gasteiger partial charge in [-0.1, -0.05) is 103 Å². The number of fused-ring (bicyclic) bond motifs is 8. The van der Waals surface area contributed by atoms with Crippen molar-refractivity contribution in [3.05, 3.63) is 95.1 Å². The first-order chi connectivity index (χ1) is 25.3. The summed E-state index contributed by atoms with van der Waals surface area (Å²) >= 11 is 0. The van der Waals surface area contributed by atoms with Gasteiger partial charge in [-0.3, -0.25) is 4.79 Å². The zero-order chi connectivity index (χ0) is 37.4. The molecule has 282 valence electrons. The predicted octanol–water partition coefficient (Wildman–Crippen LogP) is 10.5. The van der Waals surface area contributed by atoms with Crippen molar-refractivity contribution in [1.29, 1.82) is 0 Å². The van der Waals surface area contributed by atoms with Gasteiger partial charge in [0.1, 0.15) is 13.2 Å². The van der Waals surface area contributed by atoms with E-state index in [0.717, 1.165) is 44.1 Å². The maximum absolute atomic E-state index is 14.4. The minimum absolute atomic E-state index is 0.0315. The Morgan fingerprint density at radius 3 is 2.34 bits per heavy atom. The van der Waals surface area contributed by atoms with Gasteiger partial charge in [-0.05, 0) is 120 Å². The van der Waals surface area contributed by atoms with Crippen LogP contribution in [0.2, 0.25) is 0 Å². The van der Waals surface area contributed by atoms with Gasteiger partial charge in [0.15, 0.2) is 17.3 Å². The van der Waals surface area contributed by atoms with Crippen molar-refractivity contribution in [2.75, 3.05) is 7.11 Å². The molecule has 6 heteroatoms. The summed E-state index contributed by atoms with van der Waals surface area (Å²) in [5.74, 6) is 4.44. The summed E-state index contributed by atoms with van der Waals surface area (Å²) in [7, 11) is 1.66. The Bertz CT molecular complexity index is 1910. The van der Waals surface area contributed by atoms with E-state index in [-0.39, 0.29) is 33.5 Å². The van der Waals surface area contributed by atoms with E-state index in [1.54, 1.807) is 12.7 Å². The van der Waals surface area contributed by atoms with Crippen LogP contribution in [0, 0.1) is 51.2 Å². The SMILES string of the molecule is COc1ccccc1OCc1ncc2c(n1)C(C)(C)[C@@H]1CC[C@]3(C)[C@H](CC=C4[C@@H]5[C@@H](C)[C@H](C)CC[C@]5(C(=O)OCc5ccccc5)CC[C@]43C)[C@@]1(C)C2. The molecular weight excluding hydrogens is 657 g/mol. The van der Waals surface area contributed by atoms with Crippen molar-refractivity contribution in [2.24, 2.45) is 51.2 Å². The number of esters is 1. The Morgan fingerprint density at radius 2 is 1.58 bits per heavy atom. The molecule has 0 bridgehead atoms. The predicted molar refractivity (Wildman–Crippen MR) is 208 cm³/mol. The average molecular weight is 717 g/mol. The van der Waals surface area contributed by atoms with Gasteiger partial charge >= 0.3 is 5.97 Å². The highest BCUT2D eigenvalue weighted by Gasteiger charge is 2.69. The van der Waals surface area contributed by atoms with E-state index in [2.05, 4.69) is 72.9 Å². The largest absolute Gasteiger partial charge is 0.493 e. The molecule has 0 saturated heterocycles. The van der Waals surface area contributed by atoms with E-state index in [1.165, 1.54) is 24.1 Å². The second kappa shape index (κ2) is 13.0. The maximum Gasteiger partial charge on any atom is 0.313 e. The molecule has 3 saturated carbocycles. The number of ether oxygens (including phenoxy) is 3. The molecule has 5 aliphatic rings. The van der Waals surface area contributed by atoms with Crippen molar-refractivity contribution >= 4 is 5.97 Å². The normalized spacial score (nSPS) is 36.7. The third-order valence-electron chi connectivity index (χ3n) is 16.3. The lowest BCUT2D eigenvalue weighted by atomic mass is 9.33. The first-order valence-electron chi connectivity index (χ1n) is 20.3. The molecule has 0 N–H and O–H groups in total. The van der Waals surface area contributed by atoms with E-state index < -0.39 is 5.41 Å². The Morgan fingerprint density at radius 1 is 0.849 bits per heavy atom. The summed E-state index contributed by atoms with van der Waals surface area (Å²) < 4.78 is 17.9. The number of benzene rings is 2. The summed E-state index contributed by atoms with van der Waals surface area (Å²) in [6.45, 7) is 18.2. The smallest absolute Gasteiger partial charge is 0.313 e. The van der Waals surface area contributed by atoms with Crippen LogP contribution in [-0.2, 0) is 34.6 Å². The van der Waals surface area contributed by atoms with Crippen LogP contribution in [0.3, 0.4) is 0 Å². The fourth-order valence-electron chi connectivity index (χ4n) is 13.2. The number of methoxy groups -OCH3 is 1. The van der Waals surface area contributed by atoms with Gasteiger partial charge in [0.25, 0.3) is 0 Å². The van der Waals surface area contributed by atoms with E-state index in [4.69, 9.17) is 24.2 Å². The number of carbonyl (C=O) groups excluding carboxylic acids is 1. The summed E-state index contributed by atoms with van der Waals surface area (Å²) in [5.41, 5.74) is 4.84. The molecule has 1 aromatic heterocycles. The van der Waals surface area contributed by atoms with Crippen LogP contribution in [0.15, 0.2) is 72.4 Å². The fourth-order valence-corrected chi connectivity index (χ4v) is 13.2. The van der Waals surface area contributed by atoms with Crippen LogP contribution in [0.1, 0.15) is 116 Å². The number of hydrogen-bond donors (Lipinski definition) is 0. The van der Waals surface area contributed by atoms with E-state index >= 15 is 0 Å². The quantitative estimate of drug-likeness (QED) is 0.179. The zero-order valence-corrected chi connectivity index (χ0v) is 33.3. The molecule has 8 rings (SSSR count). The van der Waals surface area contributed by atoms with Gasteiger partial charge in [0, 0.05) is 11.6 Å². The first-order valence-corrected chi connectivity index (χ1v) is 20.3. The minimum atomic E-state index is -0.438. The molecule has 0 unspecified atom stereocenters. The van der Waals surface area contributed by atoms with Gasteiger partial charge < -0.3 is 14.2 Å². The molecule has 3 fully saturated rings. The van der Waals surface area contributed by atoms with Crippen molar-refractivity contribution in [2.45, 2.75) is 118 Å². The van der Waals surface area contributed by atoms with Crippen LogP contribution in [0.5, 0.6) is 11.5 Å². The van der Waals surface area contributed by atoms with Crippen LogP contribution in [-0.4, -0.2) is 23.0 Å². The molecule has 53 heavy (non-hydrogen) atoms. The van der Waals surface area contributed by atoms with Crippen molar-refractivity contribution in [3.8, 4) is 11.5 Å². The van der Waals surface area contributed by atoms with Gasteiger partial charge in [0.2, 0.25) is 0 Å². The fraction of sp³-hybridized carbons (Fsp3) is 0.596. The Balaban J connectivity index is 1.10. The monoisotopic (exact) mass is 716 g/mol. The molecular formula is C47H60N2O4. The minimum Gasteiger partial charge on any atom is -0.493 e. The van der Waals surface area contributed by atoms with Crippen molar-refractivity contribution in [1.82, 2.24) is 9.97 Å². The van der Waals surface area contributed by atoms with Crippen LogP contribution < -0.4 is 9.47 Å². The summed E-state index contributed by atoms with van der Waals surface area (Å²) in [4.78, 5) is 24.6. The number of nitrogens with zero attached hydrogens (tertiary/aromatic N) is 2. The van der Waals surface area contributed by atoms with E-state index in [1.807, 2.05) is 42.5 Å². The molecule has 9 atom stereocenters. The molecule has 5 aliphatic carbocycles. The highest BCUT2D eigenvalue weighted by molar-refractivity contribution is 5.79. The standard InChI is InChI=1S/C47H60N2O4/c1-30-20-23-47(42(50)53-28-32-14-10-9-11-15-32)25-24-45(6)34(40(47)31(30)2)18-19-38-44(5)26-33-27-48-39(29-52-36-17-13-12-16-35(36)51-8)49-41(33)43(3,4)37(44)21-22-46(38,45)7/h9-18,27,30-31,37-38,40H,19-26,28-29H2,1-8H3/t30-,31+,37+,38-,40+,44+,45-,46-,47+/m1/s1. The number of para-hydroxylation sites is 2. The number of carbonyl (C=O) groups is 1. The number of rotatable bonds is 7. The molecule has 0 amide bonds. The molecule has 6 nitrogen and oxygen atoms in total. The molecule has 0 aliphatic heterocycles. The summed E-state index contributed by atoms with van der Waals surface area (Å²) in [6, 6.07) is 17.9. The lowest BCUT2D eigenvalue weighted by Gasteiger charge is -2.70. The molecule has 3 aromatic rings. The van der Waals surface area contributed by atoms with Crippen LogP contribution >= 0.6 is 0 Å². The highest BCUT2D eigenvalue weighted by atomic mass is 16.5. The second-order valence-electron chi connectivity index (χ2n) is 18.9. The Kier molecular flexibility index (Phi) is 8.89. The highest BCUT2D eigenvalue weighted by Crippen LogP contribution is 2.75. The zero-order valence-electron chi connectivity index (χ0n) is 33.3. The summed E-state index contributed by atoms with van der Waals surface area (Å²) in [6.07, 6.45) is 13.2. The van der Waals surface area contributed by atoms with Crippen LogP contribution in [0.4, 0.5) is 0 Å². The van der Waals surface area contributed by atoms with Gasteiger partial charge in [-0.15, -0.1) is 0 Å². The Hall–Kier alpha value is -3.67. The third-order valence-corrected chi connectivity index (χ3v) is 16.3. The first kappa shape index (κ1) is 36.3. The van der Waals surface area contributed by atoms with Crippen molar-refractivity contribution in [3.63, 3.8) is 0 Å². The second-order valence-corrected chi connectivity index (χ2v) is 18.9. The number of allylic oxidation sites excluding steroid dienone is 2. The van der Waals surface area contributed by atoms with Crippen molar-refractivity contribution < 1.29 is 19.0 Å². The molecule has 2 aromatic carbocycles. The molecule has 0 radical (unpaired) electrons. The van der Waals surface area contributed by atoms with E-state index in [0.29, 0.717) is 54.2 Å². The van der Waals surface area contributed by atoms with Gasteiger partial charge in [-0.25, -0.2) is 9.97 Å². The lowest BCUT2D eigenvalue weighted by Crippen LogP contribution is -2.65. The molecule has 0 spiro atoms. The van der Waals surface area contributed by atoms with Crippen LogP contribution in [0.25, 0.3) is 0 Å². The maximum atomic E-state index is 14.4. The third kappa shape index (κ3) is 5.42. The molecule has 1 heterocycles. The topological polar surface area (TPSA) is 70.5 Å². The summed E-state index contributed by atoms with van der Waals surface area (Å²) in [5, 5.41) is 0.